The van der Waals surface area contributed by atoms with Gasteiger partial charge >= 0.3 is 6.09 Å². The maximum absolute atomic E-state index is 13.8. The molecule has 2 aromatic carbocycles. The molecule has 3 aliphatic heterocycles. The average Bonchev–Trinajstić information content (AvgIpc) is 3.78. The average molecular weight is 585 g/mol. The monoisotopic (exact) mass is 584 g/mol. The number of rotatable bonds is 4. The molecule has 0 spiro atoms. The van der Waals surface area contributed by atoms with Crippen molar-refractivity contribution in [1.29, 1.82) is 0 Å². The molecule has 4 heterocycles. The minimum absolute atomic E-state index is 0.105. The van der Waals surface area contributed by atoms with Gasteiger partial charge in [0.25, 0.3) is 0 Å². The van der Waals surface area contributed by atoms with Crippen LogP contribution in [0.25, 0.3) is 28.0 Å². The van der Waals surface area contributed by atoms with Crippen molar-refractivity contribution in [3.05, 3.63) is 60.2 Å². The summed E-state index contributed by atoms with van der Waals surface area (Å²) in [5.74, 6) is 1.46. The van der Waals surface area contributed by atoms with Gasteiger partial charge in [0.1, 0.15) is 11.4 Å². The summed E-state index contributed by atoms with van der Waals surface area (Å²) in [6.07, 6.45) is 10.4. The van der Waals surface area contributed by atoms with Gasteiger partial charge in [-0.3, -0.25) is 9.89 Å². The van der Waals surface area contributed by atoms with E-state index in [2.05, 4.69) is 9.97 Å². The first-order chi connectivity index (χ1) is 20.1. The second-order valence-electron chi connectivity index (χ2n) is 12.9. The minimum Gasteiger partial charge on any atom is -0.444 e. The van der Waals surface area contributed by atoms with E-state index >= 15 is 0 Å². The van der Waals surface area contributed by atoms with E-state index in [0.717, 1.165) is 70.7 Å². The number of imidazole rings is 1. The molecule has 1 aromatic heterocycles. The van der Waals surface area contributed by atoms with Crippen LogP contribution in [0.4, 0.5) is 4.79 Å². The van der Waals surface area contributed by atoms with Gasteiger partial charge in [-0.25, -0.2) is 18.2 Å². The van der Waals surface area contributed by atoms with Crippen LogP contribution in [0.3, 0.4) is 0 Å². The van der Waals surface area contributed by atoms with E-state index in [1.165, 1.54) is 12.8 Å². The van der Waals surface area contributed by atoms with Gasteiger partial charge in [0.15, 0.2) is 0 Å². The highest BCUT2D eigenvalue weighted by molar-refractivity contribution is 7.92. The third-order valence-corrected chi connectivity index (χ3v) is 10.7. The topological polar surface area (TPSA) is 105 Å². The largest absolute Gasteiger partial charge is 0.444 e. The van der Waals surface area contributed by atoms with Crippen LogP contribution >= 0.6 is 0 Å². The molecule has 2 fully saturated rings. The number of aromatic nitrogens is 2. The summed E-state index contributed by atoms with van der Waals surface area (Å²) in [6.45, 7) is 6.25. The number of hydrogen-bond donors (Lipinski definition) is 1. The van der Waals surface area contributed by atoms with E-state index in [1.54, 1.807) is 17.0 Å². The Bertz CT molecular complexity index is 1760. The number of benzene rings is 2. The molecule has 218 valence electrons. The third-order valence-electron chi connectivity index (χ3n) is 8.87. The van der Waals surface area contributed by atoms with Crippen LogP contribution in [0, 0.1) is 0 Å². The highest BCUT2D eigenvalue weighted by Gasteiger charge is 2.37. The minimum atomic E-state index is -3.69. The van der Waals surface area contributed by atoms with E-state index in [1.807, 2.05) is 57.4 Å². The number of nitrogens with zero attached hydrogens (tertiary/aromatic N) is 3. The van der Waals surface area contributed by atoms with Gasteiger partial charge in [-0.05, 0) is 69.7 Å². The summed E-state index contributed by atoms with van der Waals surface area (Å²) < 4.78 is 33.3. The van der Waals surface area contributed by atoms with Crippen LogP contribution in [0.2, 0.25) is 0 Å². The number of H-pyrrole nitrogens is 1. The second kappa shape index (κ2) is 9.93. The van der Waals surface area contributed by atoms with E-state index < -0.39 is 15.4 Å². The van der Waals surface area contributed by atoms with Crippen molar-refractivity contribution in [1.82, 2.24) is 14.9 Å². The molecule has 1 N–H and O–H groups in total. The fraction of sp³-hybridized carbons (Fsp3) is 0.424. The Morgan fingerprint density at radius 2 is 1.67 bits per heavy atom. The highest BCUT2D eigenvalue weighted by atomic mass is 32.2. The van der Waals surface area contributed by atoms with Crippen LogP contribution in [-0.4, -0.2) is 53.3 Å². The molecule has 7 rings (SSSR count). The van der Waals surface area contributed by atoms with Crippen LogP contribution in [0.5, 0.6) is 0 Å². The summed E-state index contributed by atoms with van der Waals surface area (Å²) in [6, 6.07) is 11.2. The Kier molecular flexibility index (Phi) is 6.42. The number of carbonyl (C=O) groups excluding carboxylic acids is 1. The van der Waals surface area contributed by atoms with Crippen LogP contribution in [-0.2, 0) is 14.6 Å². The normalized spacial score (nSPS) is 21.3. The predicted molar refractivity (Wildman–Crippen MR) is 162 cm³/mol. The van der Waals surface area contributed by atoms with Gasteiger partial charge in [0.2, 0.25) is 9.84 Å². The van der Waals surface area contributed by atoms with Crippen LogP contribution in [0.15, 0.2) is 63.6 Å². The van der Waals surface area contributed by atoms with Gasteiger partial charge in [-0.1, -0.05) is 37.1 Å². The summed E-state index contributed by atoms with van der Waals surface area (Å²) in [7, 11) is -3.69. The molecule has 1 amide bonds. The number of sulfone groups is 1. The fourth-order valence-electron chi connectivity index (χ4n) is 6.79. The molecule has 42 heavy (non-hydrogen) atoms. The SMILES string of the molecule is CC(C)(C)OC(=O)N1CCC[C@H]1C1=NC=C(c2ccc3c(c2)S(=O)(=O)c2cc(-c4cnc(C5CCCC5)[nH]4)ccc2-3)C1. The number of likely N-dealkylation sites (tertiary alicyclic amines) is 1. The van der Waals surface area contributed by atoms with Crippen LogP contribution < -0.4 is 0 Å². The molecular formula is C33H36N4O4S. The van der Waals surface area contributed by atoms with Crippen molar-refractivity contribution in [2.24, 2.45) is 4.99 Å². The molecule has 3 aromatic rings. The summed E-state index contributed by atoms with van der Waals surface area (Å²) in [5.41, 5.74) is 5.27. The van der Waals surface area contributed by atoms with Crippen molar-refractivity contribution in [2.75, 3.05) is 6.54 Å². The lowest BCUT2D eigenvalue weighted by atomic mass is 9.96. The number of carbonyl (C=O) groups is 1. The zero-order chi connectivity index (χ0) is 29.2. The van der Waals surface area contributed by atoms with Crippen molar-refractivity contribution in [3.8, 4) is 22.4 Å². The van der Waals surface area contributed by atoms with Crippen LogP contribution in [0.1, 0.15) is 83.0 Å². The van der Waals surface area contributed by atoms with Crippen molar-refractivity contribution >= 4 is 27.2 Å². The molecule has 0 unspecified atom stereocenters. The molecular weight excluding hydrogens is 548 g/mol. The Morgan fingerprint density at radius 3 is 2.38 bits per heavy atom. The van der Waals surface area contributed by atoms with Gasteiger partial charge in [0.05, 0.1) is 27.7 Å². The zero-order valence-corrected chi connectivity index (χ0v) is 25.1. The van der Waals surface area contributed by atoms with Gasteiger partial charge in [0, 0.05) is 47.5 Å². The molecule has 1 aliphatic carbocycles. The van der Waals surface area contributed by atoms with Gasteiger partial charge in [-0.2, -0.15) is 0 Å². The summed E-state index contributed by atoms with van der Waals surface area (Å²) >= 11 is 0. The number of hydrogen-bond acceptors (Lipinski definition) is 6. The van der Waals surface area contributed by atoms with E-state index in [9.17, 15) is 13.2 Å². The standard InChI is InChI=1S/C33H36N4O4S/c1-33(2,3)41-32(38)37-14-6-9-28(37)26-15-23(18-34-26)21-10-12-24-25-13-11-22(17-30(25)42(39,40)29(24)16-21)27-19-35-31(36-27)20-7-4-5-8-20/h10-13,16-20,28H,4-9,14-15H2,1-3H3,(H,35,36)/t28-/m0/s1. The number of aliphatic imine (C=N–C) groups is 1. The molecule has 9 heteroatoms. The molecule has 4 aliphatic rings. The zero-order valence-electron chi connectivity index (χ0n) is 24.3. The fourth-order valence-corrected chi connectivity index (χ4v) is 8.53. The summed E-state index contributed by atoms with van der Waals surface area (Å²) in [4.78, 5) is 28.0. The maximum Gasteiger partial charge on any atom is 0.410 e. The van der Waals surface area contributed by atoms with E-state index in [4.69, 9.17) is 9.73 Å². The van der Waals surface area contributed by atoms with E-state index in [0.29, 0.717) is 28.7 Å². The molecule has 0 bridgehead atoms. The maximum atomic E-state index is 13.8. The Hall–Kier alpha value is -3.72. The molecule has 1 atom stereocenters. The number of aromatic amines is 1. The van der Waals surface area contributed by atoms with Crippen molar-refractivity contribution in [2.45, 2.75) is 93.1 Å². The molecule has 1 saturated carbocycles. The predicted octanol–water partition coefficient (Wildman–Crippen LogP) is 7.13. The highest BCUT2D eigenvalue weighted by Crippen LogP contribution is 2.46. The first-order valence-corrected chi connectivity index (χ1v) is 16.4. The van der Waals surface area contributed by atoms with E-state index in [-0.39, 0.29) is 12.1 Å². The smallest absolute Gasteiger partial charge is 0.410 e. The first kappa shape index (κ1) is 27.1. The molecule has 1 saturated heterocycles. The number of amides is 1. The number of nitrogens with one attached hydrogen (secondary N) is 1. The van der Waals surface area contributed by atoms with Gasteiger partial charge in [-0.15, -0.1) is 0 Å². The number of fused-ring (bicyclic) bond motifs is 3. The Balaban J connectivity index is 1.11. The van der Waals surface area contributed by atoms with Gasteiger partial charge < -0.3 is 9.72 Å². The lowest BCUT2D eigenvalue weighted by molar-refractivity contribution is 0.0265. The lowest BCUT2D eigenvalue weighted by Crippen LogP contribution is -2.43. The third kappa shape index (κ3) is 4.68. The Labute approximate surface area is 246 Å². The first-order valence-electron chi connectivity index (χ1n) is 14.9. The quantitative estimate of drug-likeness (QED) is 0.275. The molecule has 0 radical (unpaired) electrons. The molecule has 8 nitrogen and oxygen atoms in total. The summed E-state index contributed by atoms with van der Waals surface area (Å²) in [5, 5.41) is 0. The lowest BCUT2D eigenvalue weighted by Gasteiger charge is -2.28. The van der Waals surface area contributed by atoms with Crippen molar-refractivity contribution < 1.29 is 17.9 Å². The number of allylic oxidation sites excluding steroid dienone is 1. The second-order valence-corrected chi connectivity index (χ2v) is 14.8. The Morgan fingerprint density at radius 1 is 0.976 bits per heavy atom. The van der Waals surface area contributed by atoms with Crippen molar-refractivity contribution in [3.63, 3.8) is 0 Å². The number of ether oxygens (including phenoxy) is 1.